The number of nitrogens with zero attached hydrogens (tertiary/aromatic N) is 2. The highest BCUT2D eigenvalue weighted by atomic mass is 19.3. The quantitative estimate of drug-likeness (QED) is 0.760. The Kier molecular flexibility index (Phi) is 5.02. The summed E-state index contributed by atoms with van der Waals surface area (Å²) >= 11 is 0. The molecule has 0 aliphatic rings. The van der Waals surface area contributed by atoms with Crippen LogP contribution in [0.15, 0.2) is 12.4 Å². The first-order valence-electron chi connectivity index (χ1n) is 5.25. The number of ether oxygens (including phenoxy) is 1. The average Bonchev–Trinajstić information content (AvgIpc) is 2.35. The monoisotopic (exact) mass is 247 g/mol. The van der Waals surface area contributed by atoms with Gasteiger partial charge in [0, 0.05) is 6.07 Å². The Morgan fingerprint density at radius 3 is 2.88 bits per heavy atom. The lowest BCUT2D eigenvalue weighted by Gasteiger charge is -2.14. The maximum absolute atomic E-state index is 12.8. The van der Waals surface area contributed by atoms with E-state index < -0.39 is 19.1 Å². The number of alkyl halides is 2. The molecule has 0 atom stereocenters. The minimum absolute atomic E-state index is 0.235. The van der Waals surface area contributed by atoms with Crippen molar-refractivity contribution in [1.29, 1.82) is 0 Å². The second-order valence-electron chi connectivity index (χ2n) is 3.46. The largest absolute Gasteiger partial charge is 0.478 e. The van der Waals surface area contributed by atoms with Gasteiger partial charge in [-0.15, -0.1) is 0 Å². The van der Waals surface area contributed by atoms with Gasteiger partial charge < -0.3 is 15.2 Å². The summed E-state index contributed by atoms with van der Waals surface area (Å²) in [7, 11) is 0. The first-order valence-corrected chi connectivity index (χ1v) is 5.25. The topological polar surface area (TPSA) is 67.3 Å². The van der Waals surface area contributed by atoms with Crippen molar-refractivity contribution in [2.75, 3.05) is 25.1 Å². The highest BCUT2D eigenvalue weighted by Gasteiger charge is 2.27. The number of aliphatic hydroxyl groups is 1. The summed E-state index contributed by atoms with van der Waals surface area (Å²) in [5.41, 5.74) is 0. The van der Waals surface area contributed by atoms with Crippen molar-refractivity contribution < 1.29 is 18.6 Å². The van der Waals surface area contributed by atoms with Gasteiger partial charge in [-0.3, -0.25) is 0 Å². The Hall–Kier alpha value is -1.50. The molecule has 0 aromatic carbocycles. The van der Waals surface area contributed by atoms with Crippen LogP contribution in [0.3, 0.4) is 0 Å². The van der Waals surface area contributed by atoms with E-state index >= 15 is 0 Å². The molecule has 1 aromatic rings. The summed E-state index contributed by atoms with van der Waals surface area (Å²) in [6.07, 6.45) is 2.06. The van der Waals surface area contributed by atoms with E-state index in [1.165, 1.54) is 12.4 Å². The molecule has 0 aliphatic carbocycles. The van der Waals surface area contributed by atoms with E-state index in [0.717, 1.165) is 6.42 Å². The molecular formula is C10H15F2N3O2. The molecule has 5 nitrogen and oxygen atoms in total. The summed E-state index contributed by atoms with van der Waals surface area (Å²) in [6.45, 7) is 0.559. The molecule has 17 heavy (non-hydrogen) atoms. The van der Waals surface area contributed by atoms with Crippen molar-refractivity contribution in [2.24, 2.45) is 0 Å². The molecule has 0 saturated carbocycles. The number of hydrogen-bond acceptors (Lipinski definition) is 5. The number of halogens is 2. The number of nitrogens with one attached hydrogen (secondary N) is 1. The zero-order valence-corrected chi connectivity index (χ0v) is 9.49. The molecule has 0 spiro atoms. The Labute approximate surface area is 97.8 Å². The Balaban J connectivity index is 2.53. The van der Waals surface area contributed by atoms with E-state index in [1.807, 2.05) is 6.92 Å². The fraction of sp³-hybridized carbons (Fsp3) is 0.600. The second-order valence-corrected chi connectivity index (χ2v) is 3.46. The Morgan fingerprint density at radius 1 is 1.47 bits per heavy atom. The highest BCUT2D eigenvalue weighted by molar-refractivity contribution is 5.37. The van der Waals surface area contributed by atoms with Crippen LogP contribution >= 0.6 is 0 Å². The molecule has 2 N–H and O–H groups in total. The van der Waals surface area contributed by atoms with Crippen LogP contribution in [-0.4, -0.2) is 40.8 Å². The average molecular weight is 247 g/mol. The lowest BCUT2D eigenvalue weighted by atomic mass is 10.3. The third kappa shape index (κ3) is 4.90. The SMILES string of the molecule is CCCOc1cc(NCC(F)(F)CO)ncn1. The van der Waals surface area contributed by atoms with Gasteiger partial charge >= 0.3 is 0 Å². The molecular weight excluding hydrogens is 232 g/mol. The molecule has 96 valence electrons. The molecule has 1 heterocycles. The molecule has 1 rings (SSSR count). The van der Waals surface area contributed by atoms with Crippen LogP contribution in [0, 0.1) is 0 Å². The highest BCUT2D eigenvalue weighted by Crippen LogP contribution is 2.15. The van der Waals surface area contributed by atoms with Gasteiger partial charge in [-0.05, 0) is 6.42 Å². The van der Waals surface area contributed by atoms with Crippen molar-refractivity contribution in [1.82, 2.24) is 9.97 Å². The molecule has 0 aliphatic heterocycles. The standard InChI is InChI=1S/C10H15F2N3O2/c1-2-3-17-9-4-8(14-7-15-9)13-5-10(11,12)6-16/h4,7,16H,2-3,5-6H2,1H3,(H,13,14,15). The summed E-state index contributed by atoms with van der Waals surface area (Å²) in [5.74, 6) is -2.61. The van der Waals surface area contributed by atoms with Gasteiger partial charge in [0.05, 0.1) is 13.2 Å². The van der Waals surface area contributed by atoms with Crippen molar-refractivity contribution in [3.05, 3.63) is 12.4 Å². The summed E-state index contributed by atoms with van der Waals surface area (Å²) in [6, 6.07) is 1.43. The second kappa shape index (κ2) is 6.29. The molecule has 0 radical (unpaired) electrons. The van der Waals surface area contributed by atoms with E-state index in [-0.39, 0.29) is 5.82 Å². The van der Waals surface area contributed by atoms with E-state index in [4.69, 9.17) is 9.84 Å². The van der Waals surface area contributed by atoms with E-state index in [2.05, 4.69) is 15.3 Å². The summed E-state index contributed by atoms with van der Waals surface area (Å²) in [4.78, 5) is 7.60. The van der Waals surface area contributed by atoms with Gasteiger partial charge in [0.2, 0.25) is 5.88 Å². The number of aliphatic hydroxyl groups excluding tert-OH is 1. The summed E-state index contributed by atoms with van der Waals surface area (Å²) in [5, 5.41) is 10.8. The smallest absolute Gasteiger partial charge is 0.287 e. The molecule has 0 fully saturated rings. The van der Waals surface area contributed by atoms with Crippen LogP contribution in [0.2, 0.25) is 0 Å². The van der Waals surface area contributed by atoms with E-state index in [9.17, 15) is 8.78 Å². The zero-order valence-electron chi connectivity index (χ0n) is 9.49. The molecule has 0 amide bonds. The van der Waals surface area contributed by atoms with Gasteiger partial charge in [-0.1, -0.05) is 6.92 Å². The maximum Gasteiger partial charge on any atom is 0.287 e. The maximum atomic E-state index is 12.8. The van der Waals surface area contributed by atoms with Crippen molar-refractivity contribution in [2.45, 2.75) is 19.3 Å². The predicted octanol–water partition coefficient (Wildman–Crippen LogP) is 1.30. The Bertz CT molecular complexity index is 350. The number of hydrogen-bond donors (Lipinski definition) is 2. The minimum atomic E-state index is -3.17. The van der Waals surface area contributed by atoms with Crippen LogP contribution in [-0.2, 0) is 0 Å². The van der Waals surface area contributed by atoms with Crippen molar-refractivity contribution in [3.8, 4) is 5.88 Å². The third-order valence-electron chi connectivity index (χ3n) is 1.86. The van der Waals surface area contributed by atoms with Crippen molar-refractivity contribution in [3.63, 3.8) is 0 Å². The first-order chi connectivity index (χ1) is 8.07. The van der Waals surface area contributed by atoms with Gasteiger partial charge in [0.25, 0.3) is 5.92 Å². The summed E-state index contributed by atoms with van der Waals surface area (Å²) < 4.78 is 30.7. The molecule has 0 unspecified atom stereocenters. The van der Waals surface area contributed by atoms with Crippen LogP contribution in [0.25, 0.3) is 0 Å². The lowest BCUT2D eigenvalue weighted by Crippen LogP contribution is -2.31. The first kappa shape index (κ1) is 13.6. The van der Waals surface area contributed by atoms with Crippen LogP contribution in [0.4, 0.5) is 14.6 Å². The zero-order chi connectivity index (χ0) is 12.7. The van der Waals surface area contributed by atoms with E-state index in [0.29, 0.717) is 12.5 Å². The van der Waals surface area contributed by atoms with Crippen LogP contribution in [0.5, 0.6) is 5.88 Å². The van der Waals surface area contributed by atoms with Crippen LogP contribution in [0.1, 0.15) is 13.3 Å². The molecule has 0 bridgehead atoms. The normalized spacial score (nSPS) is 11.3. The van der Waals surface area contributed by atoms with E-state index in [1.54, 1.807) is 0 Å². The fourth-order valence-corrected chi connectivity index (χ4v) is 0.997. The van der Waals surface area contributed by atoms with Gasteiger partial charge in [0.15, 0.2) is 0 Å². The Morgan fingerprint density at radius 2 is 2.24 bits per heavy atom. The molecule has 0 saturated heterocycles. The number of aromatic nitrogens is 2. The third-order valence-corrected chi connectivity index (χ3v) is 1.86. The lowest BCUT2D eigenvalue weighted by molar-refractivity contribution is -0.0373. The number of rotatable bonds is 7. The van der Waals surface area contributed by atoms with Crippen LogP contribution < -0.4 is 10.1 Å². The van der Waals surface area contributed by atoms with Gasteiger partial charge in [-0.25, -0.2) is 18.7 Å². The van der Waals surface area contributed by atoms with Crippen molar-refractivity contribution >= 4 is 5.82 Å². The van der Waals surface area contributed by atoms with Gasteiger partial charge in [0.1, 0.15) is 18.8 Å². The molecule has 7 heteroatoms. The molecule has 1 aromatic heterocycles. The fourth-order valence-electron chi connectivity index (χ4n) is 0.997. The predicted molar refractivity (Wildman–Crippen MR) is 58.3 cm³/mol. The minimum Gasteiger partial charge on any atom is -0.478 e. The van der Waals surface area contributed by atoms with Gasteiger partial charge in [-0.2, -0.15) is 0 Å². The number of anilines is 1.